The lowest BCUT2D eigenvalue weighted by atomic mass is 10.1. The molecule has 0 radical (unpaired) electrons. The van der Waals surface area contributed by atoms with Gasteiger partial charge in [0.25, 0.3) is 0 Å². The normalized spacial score (nSPS) is 14.5. The minimum Gasteiger partial charge on any atom is -0.241 e. The first kappa shape index (κ1) is 10.0. The summed E-state index contributed by atoms with van der Waals surface area (Å²) in [4.78, 5) is 3.49. The van der Waals surface area contributed by atoms with E-state index in [2.05, 4.69) is 10.1 Å². The maximum atomic E-state index is 12.4. The average molecular weight is 193 g/mol. The third-order valence-corrected chi connectivity index (χ3v) is 1.70. The van der Waals surface area contributed by atoms with Gasteiger partial charge in [-0.05, 0) is 6.42 Å². The Morgan fingerprint density at radius 3 is 2.54 bits per heavy atom. The highest BCUT2D eigenvalue weighted by Gasteiger charge is 2.40. The van der Waals surface area contributed by atoms with Gasteiger partial charge < -0.3 is 0 Å². The lowest BCUT2D eigenvalue weighted by Crippen LogP contribution is -2.26. The number of hydrogen-bond donors (Lipinski definition) is 0. The first-order chi connectivity index (χ1) is 6.05. The summed E-state index contributed by atoms with van der Waals surface area (Å²) < 4.78 is 38.0. The summed E-state index contributed by atoms with van der Waals surface area (Å²) in [5.41, 5.74) is 0. The van der Waals surface area contributed by atoms with Gasteiger partial charge in [0.1, 0.15) is 18.7 Å². The van der Waals surface area contributed by atoms with Crippen LogP contribution in [0.15, 0.2) is 12.7 Å². The van der Waals surface area contributed by atoms with Gasteiger partial charge in [-0.3, -0.25) is 0 Å². The van der Waals surface area contributed by atoms with Crippen molar-refractivity contribution in [1.82, 2.24) is 14.8 Å². The summed E-state index contributed by atoms with van der Waals surface area (Å²) >= 11 is 0. The zero-order valence-corrected chi connectivity index (χ0v) is 7.12. The zero-order chi connectivity index (χ0) is 9.90. The fourth-order valence-corrected chi connectivity index (χ4v) is 1.10. The number of aromatic nitrogens is 3. The molecule has 0 amide bonds. The fraction of sp³-hybridized carbons (Fsp3) is 0.714. The summed E-state index contributed by atoms with van der Waals surface area (Å²) in [6.45, 7) is 1.70. The third kappa shape index (κ3) is 2.43. The predicted octanol–water partition coefficient (Wildman–Crippen LogP) is 2.18. The number of alkyl halides is 3. The van der Waals surface area contributed by atoms with Crippen LogP contribution >= 0.6 is 0 Å². The second-order valence-electron chi connectivity index (χ2n) is 2.72. The molecular formula is C7H10F3N3. The molecule has 0 aliphatic rings. The van der Waals surface area contributed by atoms with Gasteiger partial charge >= 0.3 is 6.18 Å². The van der Waals surface area contributed by atoms with Crippen molar-refractivity contribution in [3.63, 3.8) is 0 Å². The van der Waals surface area contributed by atoms with Crippen molar-refractivity contribution < 1.29 is 13.2 Å². The second-order valence-corrected chi connectivity index (χ2v) is 2.72. The minimum atomic E-state index is -4.25. The van der Waals surface area contributed by atoms with Crippen molar-refractivity contribution in [2.24, 2.45) is 0 Å². The highest BCUT2D eigenvalue weighted by Crippen LogP contribution is 2.32. The molecule has 1 heterocycles. The maximum Gasteiger partial charge on any atom is 0.410 e. The molecule has 1 unspecified atom stereocenters. The molecule has 74 valence electrons. The Labute approximate surface area is 73.6 Å². The van der Waals surface area contributed by atoms with E-state index in [1.54, 1.807) is 6.92 Å². The molecule has 0 N–H and O–H groups in total. The lowest BCUT2D eigenvalue weighted by molar-refractivity contribution is -0.172. The van der Waals surface area contributed by atoms with Crippen LogP contribution in [0.4, 0.5) is 13.2 Å². The van der Waals surface area contributed by atoms with E-state index >= 15 is 0 Å². The number of halogens is 3. The standard InChI is InChI=1S/C7H10F3N3/c1-2-3-6(7(8,9)10)13-5-11-4-12-13/h4-6H,2-3H2,1H3. The van der Waals surface area contributed by atoms with E-state index in [0.717, 1.165) is 17.3 Å². The Hall–Kier alpha value is -1.07. The molecule has 0 saturated carbocycles. The topological polar surface area (TPSA) is 30.7 Å². The molecule has 3 nitrogen and oxygen atoms in total. The van der Waals surface area contributed by atoms with Crippen LogP contribution in [0.3, 0.4) is 0 Å². The van der Waals surface area contributed by atoms with Crippen LogP contribution in [0, 0.1) is 0 Å². The predicted molar refractivity (Wildman–Crippen MR) is 40.0 cm³/mol. The maximum absolute atomic E-state index is 12.4. The lowest BCUT2D eigenvalue weighted by Gasteiger charge is -2.19. The van der Waals surface area contributed by atoms with E-state index in [1.807, 2.05) is 0 Å². The molecule has 0 bridgehead atoms. The van der Waals surface area contributed by atoms with Crippen LogP contribution in [0.5, 0.6) is 0 Å². The quantitative estimate of drug-likeness (QED) is 0.736. The molecule has 1 rings (SSSR count). The molecule has 0 fully saturated rings. The smallest absolute Gasteiger partial charge is 0.241 e. The van der Waals surface area contributed by atoms with E-state index in [0.29, 0.717) is 6.42 Å². The molecule has 1 atom stereocenters. The number of hydrogen-bond acceptors (Lipinski definition) is 2. The number of nitrogens with zero attached hydrogens (tertiary/aromatic N) is 3. The Balaban J connectivity index is 2.81. The highest BCUT2D eigenvalue weighted by molar-refractivity contribution is 4.74. The third-order valence-electron chi connectivity index (χ3n) is 1.70. The van der Waals surface area contributed by atoms with E-state index in [-0.39, 0.29) is 6.42 Å². The average Bonchev–Trinajstić information content (AvgIpc) is 2.49. The van der Waals surface area contributed by atoms with Crippen molar-refractivity contribution >= 4 is 0 Å². The second kappa shape index (κ2) is 3.76. The first-order valence-corrected chi connectivity index (χ1v) is 3.96. The van der Waals surface area contributed by atoms with Crippen LogP contribution in [0.25, 0.3) is 0 Å². The van der Waals surface area contributed by atoms with E-state index < -0.39 is 12.2 Å². The van der Waals surface area contributed by atoms with E-state index in [9.17, 15) is 13.2 Å². The van der Waals surface area contributed by atoms with Gasteiger partial charge in [-0.1, -0.05) is 13.3 Å². The Kier molecular flexibility index (Phi) is 2.90. The number of rotatable bonds is 3. The molecule has 0 spiro atoms. The minimum absolute atomic E-state index is 0.0346. The van der Waals surface area contributed by atoms with Crippen LogP contribution in [-0.4, -0.2) is 20.9 Å². The van der Waals surface area contributed by atoms with E-state index in [4.69, 9.17) is 0 Å². The molecule has 1 aromatic rings. The summed E-state index contributed by atoms with van der Waals surface area (Å²) in [6, 6.07) is -1.54. The van der Waals surface area contributed by atoms with Gasteiger partial charge in [-0.15, -0.1) is 0 Å². The fourth-order valence-electron chi connectivity index (χ4n) is 1.10. The molecule has 0 aliphatic carbocycles. The summed E-state index contributed by atoms with van der Waals surface area (Å²) in [5.74, 6) is 0. The van der Waals surface area contributed by atoms with Crippen LogP contribution in [0.2, 0.25) is 0 Å². The van der Waals surface area contributed by atoms with Gasteiger partial charge in [-0.2, -0.15) is 18.3 Å². The molecular weight excluding hydrogens is 183 g/mol. The molecule has 0 aliphatic heterocycles. The van der Waals surface area contributed by atoms with Gasteiger partial charge in [-0.25, -0.2) is 9.67 Å². The van der Waals surface area contributed by atoms with Gasteiger partial charge in [0.2, 0.25) is 0 Å². The molecule has 0 saturated heterocycles. The Morgan fingerprint density at radius 1 is 1.46 bits per heavy atom. The highest BCUT2D eigenvalue weighted by atomic mass is 19.4. The van der Waals surface area contributed by atoms with Gasteiger partial charge in [0, 0.05) is 0 Å². The monoisotopic (exact) mass is 193 g/mol. The summed E-state index contributed by atoms with van der Waals surface area (Å²) in [6.07, 6.45) is -1.55. The van der Waals surface area contributed by atoms with Crippen molar-refractivity contribution in [3.8, 4) is 0 Å². The van der Waals surface area contributed by atoms with Crippen molar-refractivity contribution in [2.75, 3.05) is 0 Å². The SMILES string of the molecule is CCCC(n1cncn1)C(F)(F)F. The zero-order valence-electron chi connectivity index (χ0n) is 7.12. The van der Waals surface area contributed by atoms with Crippen LogP contribution in [0.1, 0.15) is 25.8 Å². The largest absolute Gasteiger partial charge is 0.410 e. The summed E-state index contributed by atoms with van der Waals surface area (Å²) in [5, 5.41) is 3.49. The van der Waals surface area contributed by atoms with Crippen molar-refractivity contribution in [1.29, 1.82) is 0 Å². The molecule has 1 aromatic heterocycles. The van der Waals surface area contributed by atoms with Gasteiger partial charge in [0.05, 0.1) is 0 Å². The first-order valence-electron chi connectivity index (χ1n) is 3.96. The Bertz CT molecular complexity index is 242. The van der Waals surface area contributed by atoms with Crippen molar-refractivity contribution in [2.45, 2.75) is 32.0 Å². The van der Waals surface area contributed by atoms with Gasteiger partial charge in [0.15, 0.2) is 0 Å². The summed E-state index contributed by atoms with van der Waals surface area (Å²) in [7, 11) is 0. The molecule has 13 heavy (non-hydrogen) atoms. The molecule has 6 heteroatoms. The van der Waals surface area contributed by atoms with Crippen LogP contribution < -0.4 is 0 Å². The van der Waals surface area contributed by atoms with Crippen LogP contribution in [-0.2, 0) is 0 Å². The van der Waals surface area contributed by atoms with Crippen molar-refractivity contribution in [3.05, 3.63) is 12.7 Å². The van der Waals surface area contributed by atoms with E-state index in [1.165, 1.54) is 0 Å². The Morgan fingerprint density at radius 2 is 2.15 bits per heavy atom. The molecule has 0 aromatic carbocycles.